The lowest BCUT2D eigenvalue weighted by Crippen LogP contribution is -2.45. The highest BCUT2D eigenvalue weighted by Gasteiger charge is 2.11. The van der Waals surface area contributed by atoms with Crippen molar-refractivity contribution >= 4 is 11.9 Å². The van der Waals surface area contributed by atoms with E-state index in [1.54, 1.807) is 31.4 Å². The highest BCUT2D eigenvalue weighted by atomic mass is 16.5. The maximum absolute atomic E-state index is 11.9. The Morgan fingerprint density at radius 3 is 2.68 bits per heavy atom. The first-order valence-corrected chi connectivity index (χ1v) is 7.25. The van der Waals surface area contributed by atoms with E-state index in [0.29, 0.717) is 37.8 Å². The third kappa shape index (κ3) is 4.63. The van der Waals surface area contributed by atoms with Crippen molar-refractivity contribution in [2.45, 2.75) is 0 Å². The van der Waals surface area contributed by atoms with Crippen molar-refractivity contribution in [3.05, 3.63) is 29.8 Å². The molecule has 1 saturated heterocycles. The van der Waals surface area contributed by atoms with Crippen LogP contribution in [0, 0.1) is 0 Å². The van der Waals surface area contributed by atoms with Gasteiger partial charge in [0.25, 0.3) is 5.91 Å². The van der Waals surface area contributed by atoms with E-state index in [0.717, 1.165) is 18.8 Å². The van der Waals surface area contributed by atoms with E-state index in [9.17, 15) is 4.79 Å². The average Bonchev–Trinajstić information content (AvgIpc) is 2.59. The molecule has 1 aromatic rings. The Bertz CT molecular complexity index is 510. The molecular weight excluding hydrogens is 284 g/mol. The second-order valence-electron chi connectivity index (χ2n) is 4.82. The molecule has 1 amide bonds. The molecule has 0 spiro atoms. The molecule has 0 aromatic heterocycles. The number of carbonyl (C=O) groups is 1. The predicted molar refractivity (Wildman–Crippen MR) is 84.2 cm³/mol. The number of aliphatic imine (C=N–C) groups is 1. The minimum Gasteiger partial charge on any atom is -0.497 e. The van der Waals surface area contributed by atoms with E-state index in [1.807, 2.05) is 4.90 Å². The summed E-state index contributed by atoms with van der Waals surface area (Å²) in [5, 5.41) is 2.81. The van der Waals surface area contributed by atoms with Crippen LogP contribution in [0.15, 0.2) is 29.3 Å². The fraction of sp³-hybridized carbons (Fsp3) is 0.467. The zero-order valence-electron chi connectivity index (χ0n) is 12.7. The fourth-order valence-electron chi connectivity index (χ4n) is 2.08. The number of guanidine groups is 1. The second kappa shape index (κ2) is 8.23. The number of rotatable bonds is 5. The van der Waals surface area contributed by atoms with Crippen molar-refractivity contribution in [3.63, 3.8) is 0 Å². The van der Waals surface area contributed by atoms with E-state index < -0.39 is 0 Å². The summed E-state index contributed by atoms with van der Waals surface area (Å²) < 4.78 is 10.3. The van der Waals surface area contributed by atoms with Crippen LogP contribution in [0.3, 0.4) is 0 Å². The summed E-state index contributed by atoms with van der Waals surface area (Å²) in [7, 11) is 1.59. The Morgan fingerprint density at radius 1 is 1.36 bits per heavy atom. The summed E-state index contributed by atoms with van der Waals surface area (Å²) in [6.45, 7) is 3.75. The third-order valence-corrected chi connectivity index (χ3v) is 3.36. The molecule has 0 bridgehead atoms. The average molecular weight is 306 g/mol. The number of methoxy groups -OCH3 is 1. The summed E-state index contributed by atoms with van der Waals surface area (Å²) in [5.41, 5.74) is 6.49. The maximum Gasteiger partial charge on any atom is 0.251 e. The van der Waals surface area contributed by atoms with Crippen molar-refractivity contribution in [3.8, 4) is 5.75 Å². The molecule has 7 nitrogen and oxygen atoms in total. The number of hydrogen-bond donors (Lipinski definition) is 2. The first kappa shape index (κ1) is 16.1. The lowest BCUT2D eigenvalue weighted by atomic mass is 10.2. The van der Waals surface area contributed by atoms with E-state index in [2.05, 4.69) is 10.3 Å². The van der Waals surface area contributed by atoms with E-state index in [-0.39, 0.29) is 5.91 Å². The van der Waals surface area contributed by atoms with Crippen LogP contribution in [0.4, 0.5) is 0 Å². The smallest absolute Gasteiger partial charge is 0.251 e. The standard InChI is InChI=1S/C15H22N4O3/c1-21-13-4-2-12(3-5-13)14(20)17-6-7-18-15(16)19-8-10-22-11-9-19/h2-5H,6-11H2,1H3,(H2,16,18)(H,17,20). The highest BCUT2D eigenvalue weighted by molar-refractivity contribution is 5.94. The molecule has 22 heavy (non-hydrogen) atoms. The normalized spacial score (nSPS) is 15.5. The summed E-state index contributed by atoms with van der Waals surface area (Å²) in [5.74, 6) is 1.09. The van der Waals surface area contributed by atoms with Gasteiger partial charge < -0.3 is 25.4 Å². The molecule has 2 rings (SSSR count). The Labute approximate surface area is 130 Å². The van der Waals surface area contributed by atoms with E-state index in [4.69, 9.17) is 15.2 Å². The van der Waals surface area contributed by atoms with Crippen LogP contribution in [-0.2, 0) is 4.74 Å². The van der Waals surface area contributed by atoms with Gasteiger partial charge in [0.05, 0.1) is 26.9 Å². The third-order valence-electron chi connectivity index (χ3n) is 3.36. The number of benzene rings is 1. The number of nitrogens with two attached hydrogens (primary N) is 1. The van der Waals surface area contributed by atoms with Crippen LogP contribution in [0.25, 0.3) is 0 Å². The highest BCUT2D eigenvalue weighted by Crippen LogP contribution is 2.10. The number of nitrogens with zero attached hydrogens (tertiary/aromatic N) is 2. The lowest BCUT2D eigenvalue weighted by molar-refractivity contribution is 0.0674. The van der Waals surface area contributed by atoms with Crippen LogP contribution < -0.4 is 15.8 Å². The number of amides is 1. The SMILES string of the molecule is COc1ccc(C(=O)NCCN=C(N)N2CCOCC2)cc1. The maximum atomic E-state index is 11.9. The van der Waals surface area contributed by atoms with Gasteiger partial charge in [0, 0.05) is 25.2 Å². The Hall–Kier alpha value is -2.28. The van der Waals surface area contributed by atoms with E-state index >= 15 is 0 Å². The number of hydrogen-bond acceptors (Lipinski definition) is 4. The van der Waals surface area contributed by atoms with Gasteiger partial charge in [0.2, 0.25) is 0 Å². The summed E-state index contributed by atoms with van der Waals surface area (Å²) in [4.78, 5) is 18.2. The van der Waals surface area contributed by atoms with Crippen molar-refractivity contribution in [2.24, 2.45) is 10.7 Å². The topological polar surface area (TPSA) is 89.2 Å². The lowest BCUT2D eigenvalue weighted by Gasteiger charge is -2.27. The van der Waals surface area contributed by atoms with Crippen LogP contribution in [-0.4, -0.2) is 63.3 Å². The van der Waals surface area contributed by atoms with Crippen LogP contribution in [0.5, 0.6) is 5.75 Å². The molecule has 0 aliphatic carbocycles. The molecule has 0 radical (unpaired) electrons. The number of nitrogens with one attached hydrogen (secondary N) is 1. The molecule has 0 atom stereocenters. The molecule has 1 heterocycles. The van der Waals surface area contributed by atoms with Gasteiger partial charge in [0.15, 0.2) is 5.96 Å². The van der Waals surface area contributed by atoms with Gasteiger partial charge in [0.1, 0.15) is 5.75 Å². The van der Waals surface area contributed by atoms with Crippen LogP contribution in [0.2, 0.25) is 0 Å². The molecular formula is C15H22N4O3. The van der Waals surface area contributed by atoms with Crippen molar-refractivity contribution in [2.75, 3.05) is 46.5 Å². The molecule has 1 aliphatic heterocycles. The van der Waals surface area contributed by atoms with Crippen molar-refractivity contribution in [1.82, 2.24) is 10.2 Å². The van der Waals surface area contributed by atoms with Crippen LogP contribution in [0.1, 0.15) is 10.4 Å². The van der Waals surface area contributed by atoms with Gasteiger partial charge in [-0.25, -0.2) is 0 Å². The molecule has 120 valence electrons. The Balaban J connectivity index is 1.74. The summed E-state index contributed by atoms with van der Waals surface area (Å²) in [6.07, 6.45) is 0. The molecule has 1 fully saturated rings. The van der Waals surface area contributed by atoms with E-state index in [1.165, 1.54) is 0 Å². The van der Waals surface area contributed by atoms with Crippen molar-refractivity contribution < 1.29 is 14.3 Å². The Kier molecular flexibility index (Phi) is 6.02. The van der Waals surface area contributed by atoms with Gasteiger partial charge >= 0.3 is 0 Å². The van der Waals surface area contributed by atoms with Gasteiger partial charge in [-0.2, -0.15) is 0 Å². The van der Waals surface area contributed by atoms with Crippen LogP contribution >= 0.6 is 0 Å². The second-order valence-corrected chi connectivity index (χ2v) is 4.82. The first-order valence-electron chi connectivity index (χ1n) is 7.25. The molecule has 0 unspecified atom stereocenters. The molecule has 7 heteroatoms. The monoisotopic (exact) mass is 306 g/mol. The predicted octanol–water partition coefficient (Wildman–Crippen LogP) is 0.0719. The van der Waals surface area contributed by atoms with Gasteiger partial charge in [-0.3, -0.25) is 9.79 Å². The molecule has 1 aromatic carbocycles. The summed E-state index contributed by atoms with van der Waals surface area (Å²) >= 11 is 0. The number of ether oxygens (including phenoxy) is 2. The Morgan fingerprint density at radius 2 is 2.05 bits per heavy atom. The number of carbonyl (C=O) groups excluding carboxylic acids is 1. The van der Waals surface area contributed by atoms with Crippen molar-refractivity contribution in [1.29, 1.82) is 0 Å². The zero-order chi connectivity index (χ0) is 15.8. The zero-order valence-corrected chi connectivity index (χ0v) is 12.7. The molecule has 0 saturated carbocycles. The quantitative estimate of drug-likeness (QED) is 0.456. The molecule has 3 N–H and O–H groups in total. The molecule has 1 aliphatic rings. The van der Waals surface area contributed by atoms with Gasteiger partial charge in [-0.05, 0) is 24.3 Å². The van der Waals surface area contributed by atoms with Gasteiger partial charge in [-0.15, -0.1) is 0 Å². The summed E-state index contributed by atoms with van der Waals surface area (Å²) in [6, 6.07) is 6.95. The van der Waals surface area contributed by atoms with Gasteiger partial charge in [-0.1, -0.05) is 0 Å². The minimum absolute atomic E-state index is 0.136. The minimum atomic E-state index is -0.136. The largest absolute Gasteiger partial charge is 0.497 e. The first-order chi connectivity index (χ1) is 10.7. The number of morpholine rings is 1. The fourth-order valence-corrected chi connectivity index (χ4v) is 2.08.